The van der Waals surface area contributed by atoms with Crippen molar-refractivity contribution in [1.82, 2.24) is 10.9 Å². The van der Waals surface area contributed by atoms with Crippen molar-refractivity contribution in [2.75, 3.05) is 0 Å². The number of rotatable bonds is 4. The third-order valence-electron chi connectivity index (χ3n) is 2.89. The molecule has 0 heterocycles. The maximum atomic E-state index is 11.6. The lowest BCUT2D eigenvalue weighted by Crippen LogP contribution is -2.50. The molecule has 4 N–H and O–H groups in total. The Morgan fingerprint density at radius 1 is 1.22 bits per heavy atom. The van der Waals surface area contributed by atoms with Gasteiger partial charge in [0.1, 0.15) is 0 Å². The molecule has 0 saturated heterocycles. The summed E-state index contributed by atoms with van der Waals surface area (Å²) in [5.74, 6) is -0.432. The molecule has 0 bridgehead atoms. The van der Waals surface area contributed by atoms with E-state index in [0.717, 1.165) is 18.4 Å². The Labute approximate surface area is 106 Å². The summed E-state index contributed by atoms with van der Waals surface area (Å²) in [6.07, 6.45) is 2.25. The molecule has 1 unspecified atom stereocenters. The minimum atomic E-state index is -0.660. The van der Waals surface area contributed by atoms with Crippen LogP contribution in [0.5, 0.6) is 0 Å². The van der Waals surface area contributed by atoms with Crippen molar-refractivity contribution in [2.24, 2.45) is 11.7 Å². The Kier molecular flexibility index (Phi) is 3.94. The molecule has 2 amide bonds. The second kappa shape index (κ2) is 5.64. The largest absolute Gasteiger partial charge is 0.320 e. The zero-order valence-corrected chi connectivity index (χ0v) is 10.1. The number of nitrogens with two attached hydrogens (primary N) is 1. The van der Waals surface area contributed by atoms with Gasteiger partial charge < -0.3 is 5.73 Å². The van der Waals surface area contributed by atoms with Gasteiger partial charge in [0, 0.05) is 5.92 Å². The highest BCUT2D eigenvalue weighted by Gasteiger charge is 2.30. The van der Waals surface area contributed by atoms with Crippen LogP contribution in [0.4, 0.5) is 0 Å². The molecule has 2 rings (SSSR count). The van der Waals surface area contributed by atoms with Crippen molar-refractivity contribution in [3.63, 3.8) is 0 Å². The van der Waals surface area contributed by atoms with E-state index in [0.29, 0.717) is 6.42 Å². The maximum Gasteiger partial charge on any atom is 0.255 e. The summed E-state index contributed by atoms with van der Waals surface area (Å²) >= 11 is 0. The van der Waals surface area contributed by atoms with E-state index in [1.54, 1.807) is 0 Å². The molecule has 1 aliphatic rings. The third-order valence-corrected chi connectivity index (χ3v) is 2.89. The molecule has 1 saturated carbocycles. The minimum absolute atomic E-state index is 0.0654. The van der Waals surface area contributed by atoms with Gasteiger partial charge in [0.2, 0.25) is 5.91 Å². The van der Waals surface area contributed by atoms with E-state index in [2.05, 4.69) is 10.9 Å². The predicted octanol–water partition coefficient (Wildman–Crippen LogP) is 0.114. The van der Waals surface area contributed by atoms with Crippen LogP contribution in [-0.2, 0) is 16.0 Å². The van der Waals surface area contributed by atoms with Crippen LogP contribution < -0.4 is 16.6 Å². The van der Waals surface area contributed by atoms with E-state index >= 15 is 0 Å². The maximum absolute atomic E-state index is 11.6. The van der Waals surface area contributed by atoms with E-state index in [-0.39, 0.29) is 17.7 Å². The molecule has 1 fully saturated rings. The number of carbonyl (C=O) groups excluding carboxylic acids is 2. The standard InChI is InChI=1S/C13H17N3O2/c14-11(8-9-4-2-1-3-5-9)13(18)16-15-12(17)10-6-7-10/h1-5,10-11H,6-8,14H2,(H,15,17)(H,16,18). The molecule has 5 heteroatoms. The average Bonchev–Trinajstić information content (AvgIpc) is 3.21. The fraction of sp³-hybridized carbons (Fsp3) is 0.385. The molecule has 96 valence electrons. The van der Waals surface area contributed by atoms with E-state index in [9.17, 15) is 9.59 Å². The number of hydrogen-bond acceptors (Lipinski definition) is 3. The number of hydrazine groups is 1. The smallest absolute Gasteiger partial charge is 0.255 e. The Morgan fingerprint density at radius 3 is 2.50 bits per heavy atom. The van der Waals surface area contributed by atoms with Crippen molar-refractivity contribution in [2.45, 2.75) is 25.3 Å². The predicted molar refractivity (Wildman–Crippen MR) is 67.1 cm³/mol. The molecule has 1 aromatic carbocycles. The fourth-order valence-corrected chi connectivity index (χ4v) is 1.62. The number of carbonyl (C=O) groups is 2. The lowest BCUT2D eigenvalue weighted by molar-refractivity contribution is -0.130. The van der Waals surface area contributed by atoms with Crippen LogP contribution in [0.1, 0.15) is 18.4 Å². The van der Waals surface area contributed by atoms with Crippen molar-refractivity contribution < 1.29 is 9.59 Å². The normalized spacial score (nSPS) is 15.8. The van der Waals surface area contributed by atoms with Crippen LogP contribution in [0.2, 0.25) is 0 Å². The van der Waals surface area contributed by atoms with Crippen LogP contribution in [-0.4, -0.2) is 17.9 Å². The molecule has 0 aromatic heterocycles. The Balaban J connectivity index is 1.76. The summed E-state index contributed by atoms with van der Waals surface area (Å²) in [5.41, 5.74) is 11.5. The highest BCUT2D eigenvalue weighted by molar-refractivity contribution is 5.86. The first-order valence-electron chi connectivity index (χ1n) is 6.06. The SMILES string of the molecule is NC(Cc1ccccc1)C(=O)NNC(=O)C1CC1. The molecule has 1 atom stereocenters. The number of hydrogen-bond donors (Lipinski definition) is 3. The summed E-state index contributed by atoms with van der Waals surface area (Å²) in [5, 5.41) is 0. The van der Waals surface area contributed by atoms with E-state index in [4.69, 9.17) is 5.73 Å². The second-order valence-electron chi connectivity index (χ2n) is 4.55. The van der Waals surface area contributed by atoms with E-state index in [1.807, 2.05) is 30.3 Å². The van der Waals surface area contributed by atoms with Gasteiger partial charge in [0.05, 0.1) is 6.04 Å². The third kappa shape index (κ3) is 3.56. The van der Waals surface area contributed by atoms with Gasteiger partial charge in [0.25, 0.3) is 5.91 Å². The van der Waals surface area contributed by atoms with Gasteiger partial charge in [-0.25, -0.2) is 0 Å². The molecule has 5 nitrogen and oxygen atoms in total. The molecule has 18 heavy (non-hydrogen) atoms. The first-order valence-corrected chi connectivity index (χ1v) is 6.06. The van der Waals surface area contributed by atoms with Crippen molar-refractivity contribution >= 4 is 11.8 Å². The van der Waals surface area contributed by atoms with Crippen molar-refractivity contribution in [1.29, 1.82) is 0 Å². The Hall–Kier alpha value is -1.88. The number of nitrogens with one attached hydrogen (secondary N) is 2. The quantitative estimate of drug-likeness (QED) is 0.660. The average molecular weight is 247 g/mol. The van der Waals surface area contributed by atoms with Crippen molar-refractivity contribution in [3.8, 4) is 0 Å². The topological polar surface area (TPSA) is 84.2 Å². The Bertz CT molecular complexity index is 429. The number of benzene rings is 1. The van der Waals surface area contributed by atoms with Gasteiger partial charge in [-0.2, -0.15) is 0 Å². The van der Waals surface area contributed by atoms with Crippen LogP contribution in [0.3, 0.4) is 0 Å². The zero-order valence-electron chi connectivity index (χ0n) is 10.1. The summed E-state index contributed by atoms with van der Waals surface area (Å²) < 4.78 is 0. The monoisotopic (exact) mass is 247 g/mol. The summed E-state index contributed by atoms with van der Waals surface area (Å²) in [6, 6.07) is 8.87. The molecule has 0 spiro atoms. The minimum Gasteiger partial charge on any atom is -0.320 e. The molecule has 1 aliphatic carbocycles. The molecule has 0 aliphatic heterocycles. The zero-order chi connectivity index (χ0) is 13.0. The number of amides is 2. The van der Waals surface area contributed by atoms with Gasteiger partial charge in [-0.15, -0.1) is 0 Å². The summed E-state index contributed by atoms with van der Waals surface area (Å²) in [7, 11) is 0. The van der Waals surface area contributed by atoms with Crippen LogP contribution in [0.15, 0.2) is 30.3 Å². The van der Waals surface area contributed by atoms with Crippen LogP contribution >= 0.6 is 0 Å². The lowest BCUT2D eigenvalue weighted by atomic mass is 10.1. The molecule has 1 aromatic rings. The first-order chi connectivity index (χ1) is 8.66. The molecule has 0 radical (unpaired) electrons. The molecular weight excluding hydrogens is 230 g/mol. The van der Waals surface area contributed by atoms with Gasteiger partial charge in [-0.1, -0.05) is 30.3 Å². The highest BCUT2D eigenvalue weighted by atomic mass is 16.2. The van der Waals surface area contributed by atoms with Gasteiger partial charge >= 0.3 is 0 Å². The van der Waals surface area contributed by atoms with Gasteiger partial charge in [0.15, 0.2) is 0 Å². The van der Waals surface area contributed by atoms with Gasteiger partial charge in [-0.05, 0) is 24.8 Å². The molecular formula is C13H17N3O2. The van der Waals surface area contributed by atoms with Gasteiger partial charge in [-0.3, -0.25) is 20.4 Å². The summed E-state index contributed by atoms with van der Waals surface area (Å²) in [4.78, 5) is 23.0. The highest BCUT2D eigenvalue weighted by Crippen LogP contribution is 2.28. The Morgan fingerprint density at radius 2 is 1.89 bits per heavy atom. The van der Waals surface area contributed by atoms with E-state index in [1.165, 1.54) is 0 Å². The summed E-state index contributed by atoms with van der Waals surface area (Å²) in [6.45, 7) is 0. The van der Waals surface area contributed by atoms with E-state index < -0.39 is 6.04 Å². The first kappa shape index (κ1) is 12.6. The second-order valence-corrected chi connectivity index (χ2v) is 4.55. The lowest BCUT2D eigenvalue weighted by Gasteiger charge is -2.12. The van der Waals surface area contributed by atoms with Crippen molar-refractivity contribution in [3.05, 3.63) is 35.9 Å². The fourth-order valence-electron chi connectivity index (χ4n) is 1.62. The van der Waals surface area contributed by atoms with Crippen LogP contribution in [0.25, 0.3) is 0 Å². The van der Waals surface area contributed by atoms with Crippen LogP contribution in [0, 0.1) is 5.92 Å².